The Morgan fingerprint density at radius 2 is 1.77 bits per heavy atom. The lowest BCUT2D eigenvalue weighted by atomic mass is 9.92. The zero-order valence-corrected chi connectivity index (χ0v) is 13.4. The fourth-order valence-corrected chi connectivity index (χ4v) is 2.67. The second-order valence-corrected chi connectivity index (χ2v) is 5.88. The largest absolute Gasteiger partial charge is 0.328 e. The van der Waals surface area contributed by atoms with Gasteiger partial charge in [-0.2, -0.15) is 0 Å². The third-order valence-electron chi connectivity index (χ3n) is 3.87. The average molecular weight is 297 g/mol. The average Bonchev–Trinajstić information content (AvgIpc) is 2.55. The maximum atomic E-state index is 5.77. The van der Waals surface area contributed by atoms with E-state index in [9.17, 15) is 0 Å². The van der Waals surface area contributed by atoms with E-state index in [1.165, 1.54) is 5.56 Å². The SMILES string of the molecule is CC(N)CCCNCCC(c1ccccc1)c1ccccn1. The summed E-state index contributed by atoms with van der Waals surface area (Å²) < 4.78 is 0. The predicted molar refractivity (Wildman–Crippen MR) is 92.9 cm³/mol. The second kappa shape index (κ2) is 9.34. The van der Waals surface area contributed by atoms with Crippen molar-refractivity contribution in [1.29, 1.82) is 0 Å². The van der Waals surface area contributed by atoms with E-state index < -0.39 is 0 Å². The van der Waals surface area contributed by atoms with Crippen LogP contribution in [-0.4, -0.2) is 24.1 Å². The van der Waals surface area contributed by atoms with E-state index in [1.54, 1.807) is 0 Å². The molecule has 0 radical (unpaired) electrons. The highest BCUT2D eigenvalue weighted by atomic mass is 14.8. The van der Waals surface area contributed by atoms with Gasteiger partial charge in [0, 0.05) is 23.9 Å². The number of nitrogens with two attached hydrogens (primary N) is 1. The number of hydrogen-bond acceptors (Lipinski definition) is 3. The minimum Gasteiger partial charge on any atom is -0.328 e. The van der Waals surface area contributed by atoms with E-state index in [0.717, 1.165) is 38.0 Å². The van der Waals surface area contributed by atoms with Gasteiger partial charge < -0.3 is 11.1 Å². The molecule has 2 rings (SSSR count). The fraction of sp³-hybridized carbons (Fsp3) is 0.421. The normalized spacial score (nSPS) is 13.7. The van der Waals surface area contributed by atoms with Crippen molar-refractivity contribution in [3.8, 4) is 0 Å². The van der Waals surface area contributed by atoms with Gasteiger partial charge in [0.2, 0.25) is 0 Å². The van der Waals surface area contributed by atoms with Crippen molar-refractivity contribution in [2.24, 2.45) is 5.73 Å². The Kier molecular flexibility index (Phi) is 7.07. The van der Waals surface area contributed by atoms with Crippen LogP contribution in [0.4, 0.5) is 0 Å². The van der Waals surface area contributed by atoms with Gasteiger partial charge in [0.1, 0.15) is 0 Å². The Hall–Kier alpha value is -1.71. The zero-order valence-electron chi connectivity index (χ0n) is 13.4. The van der Waals surface area contributed by atoms with E-state index in [1.807, 2.05) is 12.3 Å². The van der Waals surface area contributed by atoms with Gasteiger partial charge >= 0.3 is 0 Å². The molecule has 3 N–H and O–H groups in total. The molecule has 1 aromatic heterocycles. The molecule has 1 heterocycles. The van der Waals surface area contributed by atoms with Crippen LogP contribution in [0.2, 0.25) is 0 Å². The first kappa shape index (κ1) is 16.7. The van der Waals surface area contributed by atoms with Crippen LogP contribution >= 0.6 is 0 Å². The molecule has 0 saturated carbocycles. The molecule has 118 valence electrons. The van der Waals surface area contributed by atoms with Crippen molar-refractivity contribution in [2.75, 3.05) is 13.1 Å². The van der Waals surface area contributed by atoms with Gasteiger partial charge in [-0.1, -0.05) is 36.4 Å². The van der Waals surface area contributed by atoms with E-state index in [-0.39, 0.29) is 0 Å². The highest BCUT2D eigenvalue weighted by molar-refractivity contribution is 5.28. The van der Waals surface area contributed by atoms with Gasteiger partial charge in [-0.3, -0.25) is 4.98 Å². The lowest BCUT2D eigenvalue weighted by molar-refractivity contribution is 0.552. The minimum absolute atomic E-state index is 0.299. The first-order valence-electron chi connectivity index (χ1n) is 8.19. The lowest BCUT2D eigenvalue weighted by Crippen LogP contribution is -2.22. The molecule has 0 aliphatic rings. The molecule has 0 bridgehead atoms. The van der Waals surface area contributed by atoms with E-state index in [4.69, 9.17) is 5.73 Å². The number of aromatic nitrogens is 1. The van der Waals surface area contributed by atoms with Crippen molar-refractivity contribution in [3.05, 3.63) is 66.0 Å². The molecular formula is C19H27N3. The van der Waals surface area contributed by atoms with Crippen molar-refractivity contribution in [1.82, 2.24) is 10.3 Å². The summed E-state index contributed by atoms with van der Waals surface area (Å²) in [5.74, 6) is 0.350. The number of nitrogens with one attached hydrogen (secondary N) is 1. The molecule has 0 fully saturated rings. The number of nitrogens with zero attached hydrogens (tertiary/aromatic N) is 1. The third-order valence-corrected chi connectivity index (χ3v) is 3.87. The fourth-order valence-electron chi connectivity index (χ4n) is 2.67. The van der Waals surface area contributed by atoms with Gasteiger partial charge in [-0.25, -0.2) is 0 Å². The first-order valence-corrected chi connectivity index (χ1v) is 8.19. The van der Waals surface area contributed by atoms with E-state index >= 15 is 0 Å². The number of rotatable bonds is 9. The Balaban J connectivity index is 1.89. The van der Waals surface area contributed by atoms with Crippen molar-refractivity contribution >= 4 is 0 Å². The molecule has 0 aliphatic carbocycles. The van der Waals surface area contributed by atoms with Gasteiger partial charge in [0.05, 0.1) is 0 Å². The van der Waals surface area contributed by atoms with E-state index in [2.05, 4.69) is 59.7 Å². The molecule has 3 heteroatoms. The third kappa shape index (κ3) is 5.58. The van der Waals surface area contributed by atoms with Crippen molar-refractivity contribution in [3.63, 3.8) is 0 Å². The van der Waals surface area contributed by atoms with Gasteiger partial charge in [0.15, 0.2) is 0 Å². The van der Waals surface area contributed by atoms with Gasteiger partial charge in [-0.05, 0) is 57.0 Å². The highest BCUT2D eigenvalue weighted by Gasteiger charge is 2.14. The van der Waals surface area contributed by atoms with E-state index in [0.29, 0.717) is 12.0 Å². The molecule has 0 aliphatic heterocycles. The van der Waals surface area contributed by atoms with Crippen LogP contribution in [-0.2, 0) is 0 Å². The Bertz CT molecular complexity index is 471. The molecule has 2 unspecified atom stereocenters. The highest BCUT2D eigenvalue weighted by Crippen LogP contribution is 2.25. The molecule has 1 aromatic carbocycles. The molecule has 0 amide bonds. The van der Waals surface area contributed by atoms with Crippen LogP contribution in [0.25, 0.3) is 0 Å². The van der Waals surface area contributed by atoms with Crippen molar-refractivity contribution in [2.45, 2.75) is 38.1 Å². The van der Waals surface area contributed by atoms with Crippen molar-refractivity contribution < 1.29 is 0 Å². The molecule has 3 nitrogen and oxygen atoms in total. The van der Waals surface area contributed by atoms with Crippen LogP contribution in [0, 0.1) is 0 Å². The summed E-state index contributed by atoms with van der Waals surface area (Å²) in [6, 6.07) is 17.1. The Morgan fingerprint density at radius 1 is 1.00 bits per heavy atom. The zero-order chi connectivity index (χ0) is 15.6. The molecule has 0 spiro atoms. The molecule has 22 heavy (non-hydrogen) atoms. The van der Waals surface area contributed by atoms with Crippen LogP contribution < -0.4 is 11.1 Å². The number of hydrogen-bond donors (Lipinski definition) is 2. The van der Waals surface area contributed by atoms with Crippen LogP contribution in [0.1, 0.15) is 43.4 Å². The smallest absolute Gasteiger partial charge is 0.0478 e. The molecule has 2 aromatic rings. The Labute approximate surface area is 134 Å². The summed E-state index contributed by atoms with van der Waals surface area (Å²) in [7, 11) is 0. The maximum absolute atomic E-state index is 5.77. The topological polar surface area (TPSA) is 50.9 Å². The summed E-state index contributed by atoms with van der Waals surface area (Å²) in [4.78, 5) is 4.55. The Morgan fingerprint density at radius 3 is 2.45 bits per heavy atom. The molecule has 0 saturated heterocycles. The van der Waals surface area contributed by atoms with Crippen LogP contribution in [0.5, 0.6) is 0 Å². The molecular weight excluding hydrogens is 270 g/mol. The summed E-state index contributed by atoms with van der Waals surface area (Å²) >= 11 is 0. The second-order valence-electron chi connectivity index (χ2n) is 5.88. The summed E-state index contributed by atoms with van der Waals surface area (Å²) in [5, 5.41) is 3.53. The lowest BCUT2D eigenvalue weighted by Gasteiger charge is -2.17. The monoisotopic (exact) mass is 297 g/mol. The van der Waals surface area contributed by atoms with Gasteiger partial charge in [-0.15, -0.1) is 0 Å². The summed E-state index contributed by atoms with van der Waals surface area (Å²) in [6.45, 7) is 4.09. The predicted octanol–water partition coefficient (Wildman–Crippen LogP) is 3.32. The summed E-state index contributed by atoms with van der Waals surface area (Å²) in [6.07, 6.45) is 5.15. The van der Waals surface area contributed by atoms with Gasteiger partial charge in [0.25, 0.3) is 0 Å². The van der Waals surface area contributed by atoms with Crippen LogP contribution in [0.3, 0.4) is 0 Å². The minimum atomic E-state index is 0.299. The quantitative estimate of drug-likeness (QED) is 0.698. The number of benzene rings is 1. The summed E-state index contributed by atoms with van der Waals surface area (Å²) in [5.41, 5.74) is 8.25. The molecule has 2 atom stereocenters. The number of pyridine rings is 1. The van der Waals surface area contributed by atoms with Crippen LogP contribution in [0.15, 0.2) is 54.7 Å². The maximum Gasteiger partial charge on any atom is 0.0478 e. The first-order chi connectivity index (χ1) is 10.8. The standard InChI is InChI=1S/C19H27N3/c1-16(20)8-7-13-21-15-12-18(17-9-3-2-4-10-17)19-11-5-6-14-22-19/h2-6,9-11,14,16,18,21H,7-8,12-13,15,20H2,1H3.